The van der Waals surface area contributed by atoms with E-state index in [1.165, 1.54) is 0 Å². The third-order valence-corrected chi connectivity index (χ3v) is 6.71. The summed E-state index contributed by atoms with van der Waals surface area (Å²) in [4.78, 5) is 22.2. The summed E-state index contributed by atoms with van der Waals surface area (Å²) in [5.74, 6) is 0.191. The maximum Gasteiger partial charge on any atom is 0.360 e. The average molecular weight is 494 g/mol. The van der Waals surface area contributed by atoms with Crippen LogP contribution in [0.3, 0.4) is 0 Å². The zero-order valence-electron chi connectivity index (χ0n) is 21.4. The number of para-hydroxylation sites is 2. The number of pyridine rings is 1. The normalized spacial score (nSPS) is 16.1. The summed E-state index contributed by atoms with van der Waals surface area (Å²) in [6.07, 6.45) is 1.62. The van der Waals surface area contributed by atoms with Gasteiger partial charge >= 0.3 is 5.97 Å². The molecule has 0 bridgehead atoms. The van der Waals surface area contributed by atoms with Crippen LogP contribution < -0.4 is 14.5 Å². The lowest BCUT2D eigenvalue weighted by atomic mass is 9.90. The van der Waals surface area contributed by atoms with E-state index >= 15 is 0 Å². The lowest BCUT2D eigenvalue weighted by Gasteiger charge is -2.42. The largest absolute Gasteiger partial charge is 0.493 e. The zero-order valence-corrected chi connectivity index (χ0v) is 21.4. The van der Waals surface area contributed by atoms with Crippen molar-refractivity contribution in [2.45, 2.75) is 26.5 Å². The maximum absolute atomic E-state index is 13.4. The summed E-state index contributed by atoms with van der Waals surface area (Å²) < 4.78 is 12.7. The molecule has 0 saturated carbocycles. The molecular weight excluding hydrogens is 462 g/mol. The highest BCUT2D eigenvalue weighted by molar-refractivity contribution is 5.95. The van der Waals surface area contributed by atoms with Crippen LogP contribution in [0.25, 0.3) is 0 Å². The van der Waals surface area contributed by atoms with Crippen molar-refractivity contribution in [1.29, 1.82) is 0 Å². The Balaban J connectivity index is 1.85. The number of rotatable bonds is 9. The van der Waals surface area contributed by atoms with E-state index in [-0.39, 0.29) is 0 Å². The van der Waals surface area contributed by atoms with Crippen LogP contribution in [0.1, 0.15) is 42.4 Å². The third kappa shape index (κ3) is 4.18. The van der Waals surface area contributed by atoms with Crippen LogP contribution in [0.2, 0.25) is 0 Å². The molecular formula is C31H31N3O3. The molecule has 0 radical (unpaired) electrons. The molecule has 4 aromatic rings. The van der Waals surface area contributed by atoms with Crippen LogP contribution in [-0.4, -0.2) is 30.6 Å². The zero-order chi connectivity index (χ0) is 25.8. The monoisotopic (exact) mass is 493 g/mol. The first-order valence-electron chi connectivity index (χ1n) is 12.7. The quantitative estimate of drug-likeness (QED) is 0.247. The van der Waals surface area contributed by atoms with Gasteiger partial charge in [-0.15, -0.1) is 0 Å². The fourth-order valence-electron chi connectivity index (χ4n) is 5.08. The van der Waals surface area contributed by atoms with E-state index in [0.29, 0.717) is 23.6 Å². The second-order valence-corrected chi connectivity index (χ2v) is 8.73. The summed E-state index contributed by atoms with van der Waals surface area (Å²) in [6, 6.07) is 29.8. The highest BCUT2D eigenvalue weighted by atomic mass is 16.6. The van der Waals surface area contributed by atoms with Crippen LogP contribution in [0.5, 0.6) is 5.75 Å². The van der Waals surface area contributed by atoms with Crippen molar-refractivity contribution < 1.29 is 14.3 Å². The Morgan fingerprint density at radius 3 is 2.03 bits per heavy atom. The molecule has 1 aliphatic heterocycles. The lowest BCUT2D eigenvalue weighted by molar-refractivity contribution is 0.0122. The third-order valence-electron chi connectivity index (χ3n) is 6.71. The molecule has 0 N–H and O–H groups in total. The van der Waals surface area contributed by atoms with Crippen molar-refractivity contribution in [2.24, 2.45) is 0 Å². The van der Waals surface area contributed by atoms with Crippen LogP contribution in [0, 0.1) is 0 Å². The first-order chi connectivity index (χ1) is 18.1. The Labute approximate surface area is 218 Å². The van der Waals surface area contributed by atoms with Gasteiger partial charge in [-0.3, -0.25) is 4.90 Å². The number of hydrogen-bond acceptors (Lipinski definition) is 6. The second-order valence-electron chi connectivity index (χ2n) is 8.73. The van der Waals surface area contributed by atoms with Crippen molar-refractivity contribution >= 4 is 23.0 Å². The summed E-state index contributed by atoms with van der Waals surface area (Å²) in [7, 11) is 0. The average Bonchev–Trinajstić information content (AvgIpc) is 3.24. The smallest absolute Gasteiger partial charge is 0.360 e. The van der Waals surface area contributed by atoms with Gasteiger partial charge in [-0.05, 0) is 69.3 Å². The van der Waals surface area contributed by atoms with Crippen LogP contribution >= 0.6 is 0 Å². The predicted molar refractivity (Wildman–Crippen MR) is 147 cm³/mol. The van der Waals surface area contributed by atoms with Crippen molar-refractivity contribution in [3.05, 3.63) is 114 Å². The first-order valence-corrected chi connectivity index (χ1v) is 12.7. The van der Waals surface area contributed by atoms with Crippen molar-refractivity contribution in [3.8, 4) is 5.75 Å². The van der Waals surface area contributed by atoms with Gasteiger partial charge in [0, 0.05) is 42.4 Å². The topological polar surface area (TPSA) is 54.9 Å². The molecule has 2 heterocycles. The van der Waals surface area contributed by atoms with Crippen LogP contribution in [-0.2, 0) is 10.5 Å². The van der Waals surface area contributed by atoms with E-state index in [4.69, 9.17) is 9.47 Å². The molecule has 6 heteroatoms. The van der Waals surface area contributed by atoms with E-state index < -0.39 is 11.7 Å². The number of anilines is 3. The molecule has 3 aromatic carbocycles. The number of hydrogen-bond donors (Lipinski definition) is 0. The van der Waals surface area contributed by atoms with Gasteiger partial charge in [0.15, 0.2) is 5.69 Å². The molecule has 1 unspecified atom stereocenters. The number of carbonyl (C=O) groups is 1. The van der Waals surface area contributed by atoms with Crippen molar-refractivity contribution in [1.82, 2.24) is 4.98 Å². The molecule has 1 atom stereocenters. The van der Waals surface area contributed by atoms with Gasteiger partial charge in [-0.1, -0.05) is 36.4 Å². The fourth-order valence-corrected chi connectivity index (χ4v) is 5.08. The fraction of sp³-hybridized carbons (Fsp3) is 0.226. The van der Waals surface area contributed by atoms with Gasteiger partial charge in [-0.25, -0.2) is 9.78 Å². The molecule has 188 valence electrons. The minimum absolute atomic E-state index is 0.301. The van der Waals surface area contributed by atoms with Gasteiger partial charge in [-0.2, -0.15) is 0 Å². The Morgan fingerprint density at radius 1 is 0.784 bits per heavy atom. The number of esters is 1. The first kappa shape index (κ1) is 24.4. The molecule has 0 fully saturated rings. The van der Waals surface area contributed by atoms with E-state index in [1.807, 2.05) is 91.9 Å². The van der Waals surface area contributed by atoms with E-state index in [9.17, 15) is 4.79 Å². The highest BCUT2D eigenvalue weighted by Gasteiger charge is 2.54. The molecule has 1 aliphatic rings. The standard InChI is InChI=1S/C31H31N3O3/c1-4-33(5-2)25-19-20-26(28(22-25)36-6-3)31(27-18-13-21-32-29(27)30(35)37-31)34(23-14-9-7-10-15-23)24-16-11-8-12-17-24/h7-22H,4-6H2,1-3H3. The molecule has 1 aromatic heterocycles. The number of benzene rings is 3. The number of fused-ring (bicyclic) bond motifs is 1. The second kappa shape index (κ2) is 10.3. The van der Waals surface area contributed by atoms with Crippen molar-refractivity contribution in [3.63, 3.8) is 0 Å². The highest BCUT2D eigenvalue weighted by Crippen LogP contribution is 2.52. The molecule has 5 rings (SSSR count). The number of aromatic nitrogens is 1. The minimum atomic E-state index is -1.34. The maximum atomic E-state index is 13.4. The minimum Gasteiger partial charge on any atom is -0.493 e. The van der Waals surface area contributed by atoms with E-state index in [2.05, 4.69) is 34.7 Å². The Kier molecular flexibility index (Phi) is 6.82. The van der Waals surface area contributed by atoms with E-state index in [0.717, 1.165) is 35.7 Å². The molecule has 0 saturated heterocycles. The summed E-state index contributed by atoms with van der Waals surface area (Å²) >= 11 is 0. The number of nitrogens with zero attached hydrogens (tertiary/aromatic N) is 3. The van der Waals surface area contributed by atoms with Gasteiger partial charge in [0.2, 0.25) is 5.72 Å². The van der Waals surface area contributed by atoms with Gasteiger partial charge in [0.1, 0.15) is 5.75 Å². The van der Waals surface area contributed by atoms with Crippen LogP contribution in [0.4, 0.5) is 17.1 Å². The Bertz CT molecular complexity index is 1330. The Morgan fingerprint density at radius 2 is 1.43 bits per heavy atom. The number of ether oxygens (including phenoxy) is 2. The van der Waals surface area contributed by atoms with Crippen molar-refractivity contribution in [2.75, 3.05) is 29.5 Å². The molecule has 0 spiro atoms. The van der Waals surface area contributed by atoms with Gasteiger partial charge < -0.3 is 14.4 Å². The van der Waals surface area contributed by atoms with Gasteiger partial charge in [0.25, 0.3) is 0 Å². The molecule has 37 heavy (non-hydrogen) atoms. The SMILES string of the molecule is CCOc1cc(N(CC)CC)ccc1C1(N(c2ccccc2)c2ccccc2)OC(=O)c2ncccc21. The molecule has 0 amide bonds. The van der Waals surface area contributed by atoms with E-state index in [1.54, 1.807) is 6.20 Å². The summed E-state index contributed by atoms with van der Waals surface area (Å²) in [6.45, 7) is 8.43. The predicted octanol–water partition coefficient (Wildman–Crippen LogP) is 6.54. The Hall–Kier alpha value is -4.32. The number of cyclic esters (lactones) is 1. The lowest BCUT2D eigenvalue weighted by Crippen LogP contribution is -2.45. The van der Waals surface area contributed by atoms with Crippen LogP contribution in [0.15, 0.2) is 97.2 Å². The summed E-state index contributed by atoms with van der Waals surface area (Å²) in [5.41, 5.74) is 3.16. The molecule has 0 aliphatic carbocycles. The summed E-state index contributed by atoms with van der Waals surface area (Å²) in [5, 5.41) is 0. The van der Waals surface area contributed by atoms with Gasteiger partial charge in [0.05, 0.1) is 17.7 Å². The number of carbonyl (C=O) groups excluding carboxylic acids is 1. The molecule has 6 nitrogen and oxygen atoms in total.